The van der Waals surface area contributed by atoms with Gasteiger partial charge >= 0.3 is 5.97 Å². The highest BCUT2D eigenvalue weighted by molar-refractivity contribution is 7.93. The maximum Gasteiger partial charge on any atom is 0.335 e. The Labute approximate surface area is 141 Å². The van der Waals surface area contributed by atoms with Gasteiger partial charge in [0, 0.05) is 11.6 Å². The maximum absolute atomic E-state index is 12.9. The van der Waals surface area contributed by atoms with Crippen molar-refractivity contribution < 1.29 is 26.7 Å². The number of fused-ring (bicyclic) bond motifs is 1. The molecule has 6 nitrogen and oxygen atoms in total. The van der Waals surface area contributed by atoms with E-state index in [1.54, 1.807) is 0 Å². The fraction of sp³-hybridized carbons (Fsp3) is 0.312. The Morgan fingerprint density at radius 3 is 2.04 bits per heavy atom. The molecule has 0 aliphatic rings. The van der Waals surface area contributed by atoms with Crippen molar-refractivity contribution in [1.29, 1.82) is 0 Å². The molecule has 0 saturated carbocycles. The summed E-state index contributed by atoms with van der Waals surface area (Å²) in [6, 6.07) is 6.39. The van der Waals surface area contributed by atoms with Gasteiger partial charge in [0.25, 0.3) is 0 Å². The van der Waals surface area contributed by atoms with Crippen LogP contribution in [0.4, 0.5) is 0 Å². The lowest BCUT2D eigenvalue weighted by Gasteiger charge is -2.21. The number of carbonyl (C=O) groups is 1. The number of carboxylic acid groups (broad SMARTS) is 1. The highest BCUT2D eigenvalue weighted by atomic mass is 32.2. The van der Waals surface area contributed by atoms with Gasteiger partial charge in [-0.05, 0) is 50.4 Å². The van der Waals surface area contributed by atoms with Gasteiger partial charge in [-0.15, -0.1) is 0 Å². The minimum absolute atomic E-state index is 0.0488. The number of carboxylic acids is 1. The zero-order valence-electron chi connectivity index (χ0n) is 13.7. The molecular weight excluding hydrogens is 352 g/mol. The predicted octanol–water partition coefficient (Wildman–Crippen LogP) is 2.51. The second kappa shape index (κ2) is 5.56. The van der Waals surface area contributed by atoms with Crippen LogP contribution < -0.4 is 0 Å². The molecule has 0 saturated heterocycles. The van der Waals surface area contributed by atoms with E-state index in [4.69, 9.17) is 5.11 Å². The monoisotopic (exact) mass is 370 g/mol. The van der Waals surface area contributed by atoms with Gasteiger partial charge in [0.05, 0.1) is 20.1 Å². The molecule has 0 aliphatic carbocycles. The predicted molar refractivity (Wildman–Crippen MR) is 91.0 cm³/mol. The van der Waals surface area contributed by atoms with Crippen molar-refractivity contribution in [2.45, 2.75) is 35.3 Å². The van der Waals surface area contributed by atoms with Crippen LogP contribution in [0.5, 0.6) is 0 Å². The average molecular weight is 370 g/mol. The molecule has 24 heavy (non-hydrogen) atoms. The summed E-state index contributed by atoms with van der Waals surface area (Å²) in [6.07, 6.45) is 0.975. The molecule has 0 spiro atoms. The van der Waals surface area contributed by atoms with E-state index < -0.39 is 30.4 Å². The van der Waals surface area contributed by atoms with Crippen molar-refractivity contribution in [3.63, 3.8) is 0 Å². The van der Waals surface area contributed by atoms with Gasteiger partial charge in [-0.1, -0.05) is 6.07 Å². The van der Waals surface area contributed by atoms with E-state index in [1.165, 1.54) is 45.0 Å². The quantitative estimate of drug-likeness (QED) is 0.890. The van der Waals surface area contributed by atoms with Crippen molar-refractivity contribution in [2.24, 2.45) is 0 Å². The van der Waals surface area contributed by atoms with E-state index in [0.717, 1.165) is 12.3 Å². The normalized spacial score (nSPS) is 13.2. The Balaban J connectivity index is 3.01. The van der Waals surface area contributed by atoms with Crippen LogP contribution in [0.2, 0.25) is 0 Å². The molecule has 8 heteroatoms. The molecule has 2 aromatic carbocycles. The highest BCUT2D eigenvalue weighted by Crippen LogP contribution is 2.33. The van der Waals surface area contributed by atoms with Crippen LogP contribution in [0.3, 0.4) is 0 Å². The third kappa shape index (κ3) is 3.16. The third-order valence-corrected chi connectivity index (χ3v) is 7.28. The van der Waals surface area contributed by atoms with Crippen molar-refractivity contribution in [2.75, 3.05) is 6.26 Å². The molecule has 0 heterocycles. The third-order valence-electron chi connectivity index (χ3n) is 3.66. The lowest BCUT2D eigenvalue weighted by atomic mass is 10.1. The summed E-state index contributed by atoms with van der Waals surface area (Å²) in [5.41, 5.74) is -0.0488. The van der Waals surface area contributed by atoms with Crippen LogP contribution in [-0.2, 0) is 19.7 Å². The summed E-state index contributed by atoms with van der Waals surface area (Å²) in [6.45, 7) is 4.56. The SMILES string of the molecule is CC(C)(C)S(=O)(=O)c1cc(S(C)(=O)=O)cc2cc(C(=O)O)ccc12. The zero-order valence-corrected chi connectivity index (χ0v) is 15.3. The second-order valence-corrected chi connectivity index (χ2v) is 11.2. The lowest BCUT2D eigenvalue weighted by Crippen LogP contribution is -2.28. The van der Waals surface area contributed by atoms with E-state index in [2.05, 4.69) is 0 Å². The van der Waals surface area contributed by atoms with E-state index in [-0.39, 0.29) is 20.7 Å². The van der Waals surface area contributed by atoms with Crippen molar-refractivity contribution in [1.82, 2.24) is 0 Å². The Morgan fingerprint density at radius 1 is 1.00 bits per heavy atom. The number of benzene rings is 2. The molecule has 0 aliphatic heterocycles. The molecule has 0 radical (unpaired) electrons. The van der Waals surface area contributed by atoms with Crippen molar-refractivity contribution >= 4 is 36.4 Å². The molecule has 0 fully saturated rings. The average Bonchev–Trinajstić information content (AvgIpc) is 2.43. The summed E-state index contributed by atoms with van der Waals surface area (Å²) in [5, 5.41) is 9.64. The van der Waals surface area contributed by atoms with Gasteiger partial charge in [0.2, 0.25) is 0 Å². The standard InChI is InChI=1S/C16H18O6S2/c1-16(2,3)24(21,22)14-9-12(23(4,19)20)8-11-7-10(15(17)18)5-6-13(11)14/h5-9H,1-4H3,(H,17,18). The van der Waals surface area contributed by atoms with E-state index >= 15 is 0 Å². The molecule has 2 rings (SSSR count). The molecule has 0 amide bonds. The van der Waals surface area contributed by atoms with Crippen molar-refractivity contribution in [3.8, 4) is 0 Å². The summed E-state index contributed by atoms with van der Waals surface area (Å²) < 4.78 is 48.4. The summed E-state index contributed by atoms with van der Waals surface area (Å²) in [5.74, 6) is -1.18. The Kier molecular flexibility index (Phi) is 4.26. The molecule has 0 atom stereocenters. The van der Waals surface area contributed by atoms with Crippen LogP contribution in [0.15, 0.2) is 40.1 Å². The number of aromatic carboxylic acids is 1. The number of sulfone groups is 2. The maximum atomic E-state index is 12.9. The molecule has 130 valence electrons. The highest BCUT2D eigenvalue weighted by Gasteiger charge is 2.33. The van der Waals surface area contributed by atoms with Gasteiger partial charge in [-0.2, -0.15) is 0 Å². The molecule has 1 N–H and O–H groups in total. The molecule has 0 bridgehead atoms. The minimum Gasteiger partial charge on any atom is -0.478 e. The van der Waals surface area contributed by atoms with Crippen LogP contribution in [0, 0.1) is 0 Å². The number of hydrogen-bond donors (Lipinski definition) is 1. The van der Waals surface area contributed by atoms with Crippen LogP contribution in [-0.4, -0.2) is 38.9 Å². The van der Waals surface area contributed by atoms with E-state index in [9.17, 15) is 21.6 Å². The van der Waals surface area contributed by atoms with Crippen molar-refractivity contribution in [3.05, 3.63) is 35.9 Å². The van der Waals surface area contributed by atoms with E-state index in [0.29, 0.717) is 5.39 Å². The number of hydrogen-bond acceptors (Lipinski definition) is 5. The lowest BCUT2D eigenvalue weighted by molar-refractivity contribution is 0.0697. The minimum atomic E-state index is -3.83. The first kappa shape index (κ1) is 18.4. The van der Waals surface area contributed by atoms with Gasteiger partial charge in [-0.3, -0.25) is 0 Å². The first-order chi connectivity index (χ1) is 10.7. The van der Waals surface area contributed by atoms with Crippen LogP contribution >= 0.6 is 0 Å². The number of rotatable bonds is 3. The zero-order chi connectivity index (χ0) is 18.5. The fourth-order valence-electron chi connectivity index (χ4n) is 2.21. The van der Waals surface area contributed by atoms with Gasteiger partial charge in [-0.25, -0.2) is 21.6 Å². The molecular formula is C16H18O6S2. The van der Waals surface area contributed by atoms with Gasteiger partial charge < -0.3 is 5.11 Å². The fourth-order valence-corrected chi connectivity index (χ4v) is 4.37. The molecule has 0 aromatic heterocycles. The Bertz CT molecular complexity index is 1040. The smallest absolute Gasteiger partial charge is 0.335 e. The Morgan fingerprint density at radius 2 is 1.58 bits per heavy atom. The summed E-state index contributed by atoms with van der Waals surface area (Å²) in [4.78, 5) is 10.8. The molecule has 0 unspecified atom stereocenters. The van der Waals surface area contributed by atoms with Gasteiger partial charge in [0.1, 0.15) is 0 Å². The first-order valence-electron chi connectivity index (χ1n) is 7.01. The second-order valence-electron chi connectivity index (χ2n) is 6.55. The largest absolute Gasteiger partial charge is 0.478 e. The van der Waals surface area contributed by atoms with E-state index in [1.807, 2.05) is 0 Å². The molecule has 2 aromatic rings. The van der Waals surface area contributed by atoms with Gasteiger partial charge in [0.15, 0.2) is 19.7 Å². The van der Waals surface area contributed by atoms with Crippen LogP contribution in [0.1, 0.15) is 31.1 Å². The topological polar surface area (TPSA) is 106 Å². The summed E-state index contributed by atoms with van der Waals surface area (Å²) in [7, 11) is -7.50. The Hall–Kier alpha value is -1.93. The van der Waals surface area contributed by atoms with Crippen LogP contribution in [0.25, 0.3) is 10.8 Å². The first-order valence-corrected chi connectivity index (χ1v) is 10.4. The summed E-state index contributed by atoms with van der Waals surface area (Å²) >= 11 is 0.